The van der Waals surface area contributed by atoms with Gasteiger partial charge in [-0.2, -0.15) is 0 Å². The third-order valence-electron chi connectivity index (χ3n) is 3.46. The van der Waals surface area contributed by atoms with E-state index in [-0.39, 0.29) is 29.1 Å². The van der Waals surface area contributed by atoms with Crippen molar-refractivity contribution in [2.24, 2.45) is 0 Å². The molecule has 1 saturated carbocycles. The maximum absolute atomic E-state index is 11.8. The van der Waals surface area contributed by atoms with Crippen LogP contribution < -0.4 is 5.32 Å². The van der Waals surface area contributed by atoms with E-state index in [9.17, 15) is 9.59 Å². The fourth-order valence-corrected chi connectivity index (χ4v) is 2.87. The van der Waals surface area contributed by atoms with Crippen molar-refractivity contribution in [2.75, 3.05) is 6.61 Å². The molecule has 0 saturated heterocycles. The lowest BCUT2D eigenvalue weighted by molar-refractivity contribution is -0.125. The minimum Gasteiger partial charge on any atom is -0.452 e. The SMILES string of the molecule is O=C(COC(=O)c1ccc(Cl)cc1Cl)NC1CCCCC1. The average molecular weight is 330 g/mol. The summed E-state index contributed by atoms with van der Waals surface area (Å²) < 4.78 is 4.97. The molecule has 6 heteroatoms. The van der Waals surface area contributed by atoms with E-state index in [4.69, 9.17) is 27.9 Å². The van der Waals surface area contributed by atoms with Crippen LogP contribution in [-0.4, -0.2) is 24.5 Å². The zero-order chi connectivity index (χ0) is 15.2. The normalized spacial score (nSPS) is 15.5. The Morgan fingerprint density at radius 2 is 1.90 bits per heavy atom. The van der Waals surface area contributed by atoms with Crippen molar-refractivity contribution in [3.63, 3.8) is 0 Å². The molecule has 0 atom stereocenters. The summed E-state index contributed by atoms with van der Waals surface area (Å²) in [6, 6.07) is 4.68. The molecule has 0 aliphatic heterocycles. The molecule has 1 aliphatic carbocycles. The number of benzene rings is 1. The minimum atomic E-state index is -0.629. The molecule has 1 aromatic carbocycles. The molecule has 0 heterocycles. The first-order chi connectivity index (χ1) is 10.1. The molecule has 0 unspecified atom stereocenters. The maximum Gasteiger partial charge on any atom is 0.340 e. The van der Waals surface area contributed by atoms with Crippen LogP contribution in [0.25, 0.3) is 0 Å². The lowest BCUT2D eigenvalue weighted by Crippen LogP contribution is -2.38. The number of rotatable bonds is 4. The van der Waals surface area contributed by atoms with Crippen molar-refractivity contribution in [1.82, 2.24) is 5.32 Å². The fraction of sp³-hybridized carbons (Fsp3) is 0.467. The van der Waals surface area contributed by atoms with E-state index in [1.54, 1.807) is 6.07 Å². The number of ether oxygens (including phenoxy) is 1. The zero-order valence-electron chi connectivity index (χ0n) is 11.5. The van der Waals surface area contributed by atoms with Gasteiger partial charge < -0.3 is 10.1 Å². The number of hydrogen-bond acceptors (Lipinski definition) is 3. The summed E-state index contributed by atoms with van der Waals surface area (Å²) in [7, 11) is 0. The molecule has 114 valence electrons. The fourth-order valence-electron chi connectivity index (χ4n) is 2.38. The highest BCUT2D eigenvalue weighted by Crippen LogP contribution is 2.21. The van der Waals surface area contributed by atoms with Crippen LogP contribution in [0.5, 0.6) is 0 Å². The van der Waals surface area contributed by atoms with Gasteiger partial charge in [0.1, 0.15) is 0 Å². The van der Waals surface area contributed by atoms with Crippen LogP contribution in [-0.2, 0) is 9.53 Å². The van der Waals surface area contributed by atoms with Crippen molar-refractivity contribution >= 4 is 35.1 Å². The molecule has 2 rings (SSSR count). The van der Waals surface area contributed by atoms with E-state index in [1.165, 1.54) is 18.6 Å². The Morgan fingerprint density at radius 3 is 2.57 bits per heavy atom. The van der Waals surface area contributed by atoms with Crippen molar-refractivity contribution < 1.29 is 14.3 Å². The molecule has 0 radical (unpaired) electrons. The lowest BCUT2D eigenvalue weighted by atomic mass is 9.95. The molecule has 0 bridgehead atoms. The second-order valence-electron chi connectivity index (χ2n) is 5.10. The van der Waals surface area contributed by atoms with Gasteiger partial charge in [-0.1, -0.05) is 42.5 Å². The highest BCUT2D eigenvalue weighted by molar-refractivity contribution is 6.36. The monoisotopic (exact) mass is 329 g/mol. The molecule has 21 heavy (non-hydrogen) atoms. The van der Waals surface area contributed by atoms with Crippen LogP contribution in [0.4, 0.5) is 0 Å². The number of carbonyl (C=O) groups excluding carboxylic acids is 2. The predicted octanol–water partition coefficient (Wildman–Crippen LogP) is 3.60. The molecule has 0 spiro atoms. The van der Waals surface area contributed by atoms with E-state index in [1.807, 2.05) is 0 Å². The number of nitrogens with one attached hydrogen (secondary N) is 1. The van der Waals surface area contributed by atoms with Gasteiger partial charge in [-0.25, -0.2) is 4.79 Å². The van der Waals surface area contributed by atoms with Crippen LogP contribution in [0.3, 0.4) is 0 Å². The van der Waals surface area contributed by atoms with Gasteiger partial charge >= 0.3 is 5.97 Å². The quantitative estimate of drug-likeness (QED) is 0.858. The zero-order valence-corrected chi connectivity index (χ0v) is 13.0. The largest absolute Gasteiger partial charge is 0.452 e. The second kappa shape index (κ2) is 7.66. The standard InChI is InChI=1S/C15H17Cl2NO3/c16-10-6-7-12(13(17)8-10)15(20)21-9-14(19)18-11-4-2-1-3-5-11/h6-8,11H,1-5,9H2,(H,18,19). The van der Waals surface area contributed by atoms with Gasteiger partial charge in [0, 0.05) is 11.1 Å². The predicted molar refractivity (Wildman–Crippen MR) is 81.8 cm³/mol. The van der Waals surface area contributed by atoms with Gasteiger partial charge in [0.15, 0.2) is 6.61 Å². The van der Waals surface area contributed by atoms with Crippen molar-refractivity contribution in [2.45, 2.75) is 38.1 Å². The highest BCUT2D eigenvalue weighted by Gasteiger charge is 2.18. The van der Waals surface area contributed by atoms with E-state index in [0.29, 0.717) is 5.02 Å². The van der Waals surface area contributed by atoms with Crippen molar-refractivity contribution in [3.8, 4) is 0 Å². The van der Waals surface area contributed by atoms with Gasteiger partial charge in [-0.3, -0.25) is 4.79 Å². The van der Waals surface area contributed by atoms with Crippen LogP contribution in [0.15, 0.2) is 18.2 Å². The first-order valence-corrected chi connectivity index (χ1v) is 7.73. The Balaban J connectivity index is 1.81. The van der Waals surface area contributed by atoms with Gasteiger partial charge in [0.2, 0.25) is 0 Å². The number of hydrogen-bond donors (Lipinski definition) is 1. The van der Waals surface area contributed by atoms with Crippen molar-refractivity contribution in [3.05, 3.63) is 33.8 Å². The number of esters is 1. The molecule has 0 aromatic heterocycles. The maximum atomic E-state index is 11.8. The molecule has 1 amide bonds. The summed E-state index contributed by atoms with van der Waals surface area (Å²) >= 11 is 11.7. The van der Waals surface area contributed by atoms with E-state index >= 15 is 0 Å². The summed E-state index contributed by atoms with van der Waals surface area (Å²) in [6.45, 7) is -0.297. The van der Waals surface area contributed by atoms with E-state index < -0.39 is 5.97 Å². The Labute approximate surface area is 133 Å². The Hall–Kier alpha value is -1.26. The number of carbonyl (C=O) groups is 2. The lowest BCUT2D eigenvalue weighted by Gasteiger charge is -2.22. The van der Waals surface area contributed by atoms with Crippen molar-refractivity contribution in [1.29, 1.82) is 0 Å². The smallest absolute Gasteiger partial charge is 0.340 e. The Bertz CT molecular complexity index is 528. The summed E-state index contributed by atoms with van der Waals surface area (Å²) in [5.74, 6) is -0.907. The van der Waals surface area contributed by atoms with Crippen LogP contribution >= 0.6 is 23.2 Å². The van der Waals surface area contributed by atoms with Gasteiger partial charge in [-0.05, 0) is 31.0 Å². The number of amides is 1. The van der Waals surface area contributed by atoms with E-state index in [2.05, 4.69) is 5.32 Å². The molecule has 1 aromatic rings. The average Bonchev–Trinajstić information content (AvgIpc) is 2.46. The van der Waals surface area contributed by atoms with Crippen LogP contribution in [0.1, 0.15) is 42.5 Å². The topological polar surface area (TPSA) is 55.4 Å². The van der Waals surface area contributed by atoms with Crippen LogP contribution in [0, 0.1) is 0 Å². The third kappa shape index (κ3) is 4.90. The van der Waals surface area contributed by atoms with Crippen LogP contribution in [0.2, 0.25) is 10.0 Å². The summed E-state index contributed by atoms with van der Waals surface area (Å²) in [5.41, 5.74) is 0.200. The molecule has 1 aliphatic rings. The van der Waals surface area contributed by atoms with Gasteiger partial charge in [0.25, 0.3) is 5.91 Å². The van der Waals surface area contributed by atoms with Gasteiger partial charge in [-0.15, -0.1) is 0 Å². The molecule has 1 fully saturated rings. The molecular formula is C15H17Cl2NO3. The first kappa shape index (κ1) is 16.1. The number of halogens is 2. The first-order valence-electron chi connectivity index (χ1n) is 6.98. The molecular weight excluding hydrogens is 313 g/mol. The molecule has 4 nitrogen and oxygen atoms in total. The second-order valence-corrected chi connectivity index (χ2v) is 5.95. The summed E-state index contributed by atoms with van der Waals surface area (Å²) in [6.07, 6.45) is 5.46. The highest BCUT2D eigenvalue weighted by atomic mass is 35.5. The minimum absolute atomic E-state index is 0.198. The van der Waals surface area contributed by atoms with E-state index in [0.717, 1.165) is 25.7 Å². The summed E-state index contributed by atoms with van der Waals surface area (Å²) in [4.78, 5) is 23.6. The third-order valence-corrected chi connectivity index (χ3v) is 4.00. The van der Waals surface area contributed by atoms with Gasteiger partial charge in [0.05, 0.1) is 10.6 Å². The molecule has 1 N–H and O–H groups in total. The summed E-state index contributed by atoms with van der Waals surface area (Å²) in [5, 5.41) is 3.52. The Morgan fingerprint density at radius 1 is 1.19 bits per heavy atom. The Kier molecular flexibility index (Phi) is 5.88.